The maximum Gasteiger partial charge on any atom is 0.322 e. The molecule has 1 aromatic rings. The van der Waals surface area contributed by atoms with E-state index in [1.54, 1.807) is 23.1 Å². The van der Waals surface area contributed by atoms with Crippen molar-refractivity contribution in [2.75, 3.05) is 30.9 Å². The van der Waals surface area contributed by atoms with E-state index in [1.807, 2.05) is 6.92 Å². The Morgan fingerprint density at radius 1 is 1.38 bits per heavy atom. The first kappa shape index (κ1) is 18.1. The molecule has 1 aromatic carbocycles. The molecule has 3 amide bonds. The lowest BCUT2D eigenvalue weighted by Crippen LogP contribution is -2.51. The number of ether oxygens (including phenoxy) is 1. The number of rotatable bonds is 4. The zero-order chi connectivity index (χ0) is 17.7. The second-order valence-corrected chi connectivity index (χ2v) is 6.09. The van der Waals surface area contributed by atoms with Gasteiger partial charge in [-0.3, -0.25) is 4.79 Å². The highest BCUT2D eigenvalue weighted by Gasteiger charge is 2.31. The number of amides is 3. The molecule has 132 valence electrons. The summed E-state index contributed by atoms with van der Waals surface area (Å²) in [5.41, 5.74) is 1.11. The van der Waals surface area contributed by atoms with Gasteiger partial charge in [0.25, 0.3) is 0 Å². The van der Waals surface area contributed by atoms with Gasteiger partial charge in [0.1, 0.15) is 5.75 Å². The lowest BCUT2D eigenvalue weighted by molar-refractivity contribution is -0.114. The monoisotopic (exact) mass is 335 g/mol. The van der Waals surface area contributed by atoms with E-state index in [0.717, 1.165) is 12.8 Å². The minimum atomic E-state index is -0.241. The number of nitrogens with one attached hydrogen (secondary N) is 2. The minimum Gasteiger partial charge on any atom is -0.494 e. The first-order valence-corrected chi connectivity index (χ1v) is 8.10. The van der Waals surface area contributed by atoms with Crippen LogP contribution in [0.3, 0.4) is 0 Å². The van der Waals surface area contributed by atoms with Crippen LogP contribution in [0.5, 0.6) is 5.75 Å². The summed E-state index contributed by atoms with van der Waals surface area (Å²) in [7, 11) is 1.50. The molecule has 3 N–H and O–H groups in total. The quantitative estimate of drug-likeness (QED) is 0.787. The van der Waals surface area contributed by atoms with Crippen LogP contribution in [-0.4, -0.2) is 48.2 Å². The highest BCUT2D eigenvalue weighted by molar-refractivity contribution is 5.93. The molecule has 2 rings (SSSR count). The van der Waals surface area contributed by atoms with Crippen molar-refractivity contribution < 1.29 is 19.4 Å². The number of hydrogen-bond donors (Lipinski definition) is 3. The smallest absolute Gasteiger partial charge is 0.322 e. The number of carbonyl (C=O) groups is 2. The number of methoxy groups -OCH3 is 1. The molecule has 1 aliphatic rings. The number of benzene rings is 1. The largest absolute Gasteiger partial charge is 0.494 e. The molecular formula is C17H25N3O4. The molecule has 0 saturated carbocycles. The van der Waals surface area contributed by atoms with Crippen molar-refractivity contribution in [3.63, 3.8) is 0 Å². The fraction of sp³-hybridized carbons (Fsp3) is 0.529. The van der Waals surface area contributed by atoms with E-state index < -0.39 is 0 Å². The Labute approximate surface area is 142 Å². The van der Waals surface area contributed by atoms with Crippen molar-refractivity contribution in [1.29, 1.82) is 0 Å². The number of urea groups is 1. The van der Waals surface area contributed by atoms with Crippen molar-refractivity contribution in [2.45, 2.75) is 32.7 Å². The number of likely N-dealkylation sites (tertiary alicyclic amines) is 1. The summed E-state index contributed by atoms with van der Waals surface area (Å²) < 4.78 is 5.25. The van der Waals surface area contributed by atoms with Gasteiger partial charge in [-0.25, -0.2) is 4.79 Å². The van der Waals surface area contributed by atoms with Crippen LogP contribution in [0, 0.1) is 5.92 Å². The van der Waals surface area contributed by atoms with E-state index in [2.05, 4.69) is 10.6 Å². The first-order valence-electron chi connectivity index (χ1n) is 8.10. The third-order valence-corrected chi connectivity index (χ3v) is 4.33. The number of aliphatic hydroxyl groups is 1. The normalized spacial score (nSPS) is 20.4. The average Bonchev–Trinajstić information content (AvgIpc) is 2.55. The van der Waals surface area contributed by atoms with Gasteiger partial charge in [-0.15, -0.1) is 0 Å². The predicted octanol–water partition coefficient (Wildman–Crippen LogP) is 2.28. The van der Waals surface area contributed by atoms with Gasteiger partial charge in [0, 0.05) is 25.2 Å². The van der Waals surface area contributed by atoms with Gasteiger partial charge in [-0.1, -0.05) is 6.92 Å². The highest BCUT2D eigenvalue weighted by Crippen LogP contribution is 2.29. The molecule has 0 unspecified atom stereocenters. The SMILES string of the molecule is COc1cc(NC(=O)N2CCC[C@@H](C)[C@H]2CO)ccc1NC(C)=O. The van der Waals surface area contributed by atoms with Gasteiger partial charge in [-0.2, -0.15) is 0 Å². The standard InChI is InChI=1S/C17H25N3O4/c1-11-5-4-8-20(15(11)10-21)17(23)19-13-6-7-14(18-12(2)22)16(9-13)24-3/h6-7,9,11,15,21H,4-5,8,10H2,1-3H3,(H,18,22)(H,19,23)/t11-,15-/m1/s1. The molecule has 2 atom stereocenters. The van der Waals surface area contributed by atoms with Gasteiger partial charge in [0.05, 0.1) is 25.4 Å². The van der Waals surface area contributed by atoms with Crippen LogP contribution < -0.4 is 15.4 Å². The Kier molecular flexibility index (Phi) is 6.03. The zero-order valence-electron chi connectivity index (χ0n) is 14.3. The molecule has 0 aromatic heterocycles. The van der Waals surface area contributed by atoms with E-state index in [0.29, 0.717) is 23.7 Å². The van der Waals surface area contributed by atoms with E-state index in [4.69, 9.17) is 4.74 Å². The molecule has 1 heterocycles. The summed E-state index contributed by atoms with van der Waals surface area (Å²) >= 11 is 0. The molecule has 1 aliphatic heterocycles. The molecule has 7 nitrogen and oxygen atoms in total. The van der Waals surface area contributed by atoms with Crippen molar-refractivity contribution in [3.05, 3.63) is 18.2 Å². The van der Waals surface area contributed by atoms with E-state index in [1.165, 1.54) is 14.0 Å². The molecule has 0 bridgehead atoms. The third kappa shape index (κ3) is 4.17. The van der Waals surface area contributed by atoms with E-state index >= 15 is 0 Å². The average molecular weight is 335 g/mol. The third-order valence-electron chi connectivity index (χ3n) is 4.33. The number of anilines is 2. The predicted molar refractivity (Wildman–Crippen MR) is 92.3 cm³/mol. The number of piperidine rings is 1. The number of hydrogen-bond acceptors (Lipinski definition) is 4. The fourth-order valence-electron chi connectivity index (χ4n) is 3.04. The maximum absolute atomic E-state index is 12.5. The van der Waals surface area contributed by atoms with Crippen molar-refractivity contribution in [2.24, 2.45) is 5.92 Å². The Morgan fingerprint density at radius 3 is 2.75 bits per heavy atom. The lowest BCUT2D eigenvalue weighted by Gasteiger charge is -2.38. The molecule has 0 radical (unpaired) electrons. The summed E-state index contributed by atoms with van der Waals surface area (Å²) in [5.74, 6) is 0.540. The first-order chi connectivity index (χ1) is 11.5. The number of aliphatic hydroxyl groups excluding tert-OH is 1. The van der Waals surface area contributed by atoms with Crippen LogP contribution in [0.4, 0.5) is 16.2 Å². The maximum atomic E-state index is 12.5. The van der Waals surface area contributed by atoms with E-state index in [-0.39, 0.29) is 30.5 Å². The summed E-state index contributed by atoms with van der Waals surface area (Å²) in [5, 5.41) is 15.1. The summed E-state index contributed by atoms with van der Waals surface area (Å²) in [6.45, 7) is 4.05. The van der Waals surface area contributed by atoms with Gasteiger partial charge in [0.2, 0.25) is 5.91 Å². The molecular weight excluding hydrogens is 310 g/mol. The van der Waals surface area contributed by atoms with Crippen LogP contribution in [0.15, 0.2) is 18.2 Å². The lowest BCUT2D eigenvalue weighted by atomic mass is 9.91. The molecule has 0 spiro atoms. The summed E-state index contributed by atoms with van der Waals surface area (Å²) in [6, 6.07) is 4.63. The number of carbonyl (C=O) groups excluding carboxylic acids is 2. The molecule has 24 heavy (non-hydrogen) atoms. The van der Waals surface area contributed by atoms with Crippen molar-refractivity contribution >= 4 is 23.3 Å². The second kappa shape index (κ2) is 8.01. The Bertz CT molecular complexity index is 605. The second-order valence-electron chi connectivity index (χ2n) is 6.09. The van der Waals surface area contributed by atoms with E-state index in [9.17, 15) is 14.7 Å². The molecule has 1 saturated heterocycles. The molecule has 7 heteroatoms. The van der Waals surface area contributed by atoms with Crippen LogP contribution in [0.25, 0.3) is 0 Å². The van der Waals surface area contributed by atoms with Crippen molar-refractivity contribution in [1.82, 2.24) is 4.90 Å². The number of nitrogens with zero attached hydrogens (tertiary/aromatic N) is 1. The van der Waals surface area contributed by atoms with Gasteiger partial charge >= 0.3 is 6.03 Å². The van der Waals surface area contributed by atoms with Crippen molar-refractivity contribution in [3.8, 4) is 5.75 Å². The van der Waals surface area contributed by atoms with Crippen LogP contribution >= 0.6 is 0 Å². The topological polar surface area (TPSA) is 90.9 Å². The Hall–Kier alpha value is -2.28. The van der Waals surface area contributed by atoms with Crippen LogP contribution in [0.2, 0.25) is 0 Å². The van der Waals surface area contributed by atoms with Gasteiger partial charge < -0.3 is 25.4 Å². The van der Waals surface area contributed by atoms with Crippen LogP contribution in [-0.2, 0) is 4.79 Å². The molecule has 0 aliphatic carbocycles. The van der Waals surface area contributed by atoms with Gasteiger partial charge in [0.15, 0.2) is 0 Å². The summed E-state index contributed by atoms with van der Waals surface area (Å²) in [6.07, 6.45) is 1.93. The van der Waals surface area contributed by atoms with Crippen LogP contribution in [0.1, 0.15) is 26.7 Å². The fourth-order valence-corrected chi connectivity index (χ4v) is 3.04. The molecule has 1 fully saturated rings. The summed E-state index contributed by atoms with van der Waals surface area (Å²) in [4.78, 5) is 25.4. The van der Waals surface area contributed by atoms with Gasteiger partial charge in [-0.05, 0) is 30.9 Å². The highest BCUT2D eigenvalue weighted by atomic mass is 16.5. The minimum absolute atomic E-state index is 0.0423. The Balaban J connectivity index is 2.12. The zero-order valence-corrected chi connectivity index (χ0v) is 14.3. The Morgan fingerprint density at radius 2 is 2.12 bits per heavy atom.